The topological polar surface area (TPSA) is 78.7 Å². The Labute approximate surface area is 151 Å². The molecule has 4 aromatic rings. The van der Waals surface area contributed by atoms with Crippen LogP contribution in [0.25, 0.3) is 20.9 Å². The number of hydrogen-bond acceptors (Lipinski definition) is 6. The van der Waals surface area contributed by atoms with Crippen LogP contribution in [0.4, 0.5) is 5.13 Å². The van der Waals surface area contributed by atoms with Crippen LogP contribution < -0.4 is 5.32 Å². The van der Waals surface area contributed by atoms with Crippen molar-refractivity contribution in [1.82, 2.24) is 9.97 Å². The maximum absolute atomic E-state index is 12.3. The molecule has 0 aliphatic carbocycles. The van der Waals surface area contributed by atoms with Gasteiger partial charge >= 0.3 is 0 Å². The lowest BCUT2D eigenvalue weighted by molar-refractivity contribution is 0.102. The fraction of sp³-hybridized carbons (Fsp3) is 0. The van der Waals surface area contributed by atoms with Gasteiger partial charge in [0.15, 0.2) is 5.13 Å². The molecule has 2 aromatic heterocycles. The van der Waals surface area contributed by atoms with Crippen LogP contribution >= 0.6 is 22.7 Å². The van der Waals surface area contributed by atoms with Gasteiger partial charge in [0.1, 0.15) is 10.7 Å². The molecule has 0 aliphatic rings. The third-order valence-corrected chi connectivity index (χ3v) is 5.33. The molecule has 7 heteroatoms. The number of para-hydroxylation sites is 1. The summed E-state index contributed by atoms with van der Waals surface area (Å²) in [5.74, 6) is -0.255. The number of nitrogens with zero attached hydrogens (tertiary/aromatic N) is 3. The van der Waals surface area contributed by atoms with Crippen LogP contribution in [0.5, 0.6) is 0 Å². The Bertz CT molecular complexity index is 1070. The minimum Gasteiger partial charge on any atom is -0.298 e. The fourth-order valence-corrected chi connectivity index (χ4v) is 3.97. The van der Waals surface area contributed by atoms with Crippen molar-refractivity contribution < 1.29 is 4.79 Å². The van der Waals surface area contributed by atoms with E-state index in [2.05, 4.69) is 15.3 Å². The van der Waals surface area contributed by atoms with Crippen molar-refractivity contribution in [1.29, 1.82) is 5.26 Å². The van der Waals surface area contributed by atoms with E-state index >= 15 is 0 Å². The number of hydrogen-bond donors (Lipinski definition) is 1. The van der Waals surface area contributed by atoms with Crippen LogP contribution in [0, 0.1) is 11.3 Å². The number of aromatic nitrogens is 2. The van der Waals surface area contributed by atoms with Crippen LogP contribution in [0.15, 0.2) is 53.9 Å². The first kappa shape index (κ1) is 15.4. The van der Waals surface area contributed by atoms with Gasteiger partial charge in [-0.15, -0.1) is 22.7 Å². The van der Waals surface area contributed by atoms with Gasteiger partial charge in [-0.2, -0.15) is 5.26 Å². The minimum absolute atomic E-state index is 0.255. The summed E-state index contributed by atoms with van der Waals surface area (Å²) in [5, 5.41) is 14.8. The highest BCUT2D eigenvalue weighted by atomic mass is 32.1. The molecule has 120 valence electrons. The summed E-state index contributed by atoms with van der Waals surface area (Å²) < 4.78 is 1.11. The summed E-state index contributed by atoms with van der Waals surface area (Å²) in [6.45, 7) is 0. The van der Waals surface area contributed by atoms with Gasteiger partial charge in [-0.3, -0.25) is 10.1 Å². The highest BCUT2D eigenvalue weighted by molar-refractivity contribution is 7.22. The Morgan fingerprint density at radius 1 is 1.08 bits per heavy atom. The first-order valence-corrected chi connectivity index (χ1v) is 9.05. The third kappa shape index (κ3) is 3.13. The summed E-state index contributed by atoms with van der Waals surface area (Å²) >= 11 is 2.93. The zero-order valence-electron chi connectivity index (χ0n) is 12.8. The van der Waals surface area contributed by atoms with E-state index in [9.17, 15) is 4.79 Å². The molecular formula is C18H10N4OS2. The van der Waals surface area contributed by atoms with Crippen LogP contribution in [0.1, 0.15) is 15.9 Å². The molecule has 0 atom stereocenters. The van der Waals surface area contributed by atoms with Crippen molar-refractivity contribution in [2.24, 2.45) is 0 Å². The molecule has 0 fully saturated rings. The Morgan fingerprint density at radius 2 is 1.88 bits per heavy atom. The molecule has 0 radical (unpaired) electrons. The second-order valence-corrected chi connectivity index (χ2v) is 7.06. The van der Waals surface area contributed by atoms with Gasteiger partial charge in [-0.1, -0.05) is 12.1 Å². The molecule has 0 bridgehead atoms. The van der Waals surface area contributed by atoms with Gasteiger partial charge in [0.05, 0.1) is 21.8 Å². The molecule has 25 heavy (non-hydrogen) atoms. The van der Waals surface area contributed by atoms with E-state index in [1.54, 1.807) is 35.6 Å². The summed E-state index contributed by atoms with van der Waals surface area (Å²) in [5.41, 5.74) is 2.69. The van der Waals surface area contributed by atoms with Crippen molar-refractivity contribution in [3.05, 3.63) is 65.0 Å². The largest absolute Gasteiger partial charge is 0.298 e. The zero-order chi connectivity index (χ0) is 17.2. The van der Waals surface area contributed by atoms with Crippen LogP contribution in [-0.4, -0.2) is 15.9 Å². The molecule has 0 saturated heterocycles. The first-order chi connectivity index (χ1) is 12.2. The SMILES string of the molecule is N#Cc1ccc(C(=O)Nc2nc(-c3nc4ccccc4s3)cs2)cc1. The van der Waals surface area contributed by atoms with E-state index < -0.39 is 0 Å². The Morgan fingerprint density at radius 3 is 2.64 bits per heavy atom. The van der Waals surface area contributed by atoms with Gasteiger partial charge in [0, 0.05) is 10.9 Å². The highest BCUT2D eigenvalue weighted by Crippen LogP contribution is 2.32. The predicted octanol–water partition coefficient (Wildman–Crippen LogP) is 4.54. The molecular weight excluding hydrogens is 352 g/mol. The number of nitriles is 1. The molecule has 2 aromatic carbocycles. The average Bonchev–Trinajstić information content (AvgIpc) is 3.28. The lowest BCUT2D eigenvalue weighted by atomic mass is 10.1. The molecule has 1 N–H and O–H groups in total. The van der Waals surface area contributed by atoms with E-state index in [0.29, 0.717) is 16.3 Å². The summed E-state index contributed by atoms with van der Waals surface area (Å²) in [4.78, 5) is 21.3. The molecule has 5 nitrogen and oxygen atoms in total. The minimum atomic E-state index is -0.255. The van der Waals surface area contributed by atoms with Crippen LogP contribution in [0.3, 0.4) is 0 Å². The van der Waals surface area contributed by atoms with Crippen molar-refractivity contribution in [3.8, 4) is 16.8 Å². The summed E-state index contributed by atoms with van der Waals surface area (Å²) in [7, 11) is 0. The number of carbonyl (C=O) groups is 1. The standard InChI is InChI=1S/C18H10N4OS2/c19-9-11-5-7-12(8-6-11)16(23)22-18-21-14(10-24-18)17-20-13-3-1-2-4-15(13)25-17/h1-8,10H,(H,21,22,23). The van der Waals surface area contributed by atoms with Crippen LogP contribution in [0.2, 0.25) is 0 Å². The first-order valence-electron chi connectivity index (χ1n) is 7.36. The van der Waals surface area contributed by atoms with E-state index in [0.717, 1.165) is 20.9 Å². The number of anilines is 1. The third-order valence-electron chi connectivity index (χ3n) is 3.51. The van der Waals surface area contributed by atoms with Crippen molar-refractivity contribution in [2.45, 2.75) is 0 Å². The van der Waals surface area contributed by atoms with Gasteiger partial charge in [0.2, 0.25) is 0 Å². The number of benzene rings is 2. The number of nitrogens with one attached hydrogen (secondary N) is 1. The summed E-state index contributed by atoms with van der Waals surface area (Å²) in [6.07, 6.45) is 0. The molecule has 0 aliphatic heterocycles. The lowest BCUT2D eigenvalue weighted by Gasteiger charge is -2.01. The van der Waals surface area contributed by atoms with E-state index in [-0.39, 0.29) is 5.91 Å². The van der Waals surface area contributed by atoms with Gasteiger partial charge in [-0.05, 0) is 36.4 Å². The quantitative estimate of drug-likeness (QED) is 0.580. The number of carbonyl (C=O) groups excluding carboxylic acids is 1. The van der Waals surface area contributed by atoms with Crippen molar-refractivity contribution in [3.63, 3.8) is 0 Å². The van der Waals surface area contributed by atoms with Crippen molar-refractivity contribution in [2.75, 3.05) is 5.32 Å². The number of fused-ring (bicyclic) bond motifs is 1. The van der Waals surface area contributed by atoms with Crippen molar-refractivity contribution >= 4 is 43.9 Å². The number of thiazole rings is 2. The number of rotatable bonds is 3. The second-order valence-electron chi connectivity index (χ2n) is 5.17. The summed E-state index contributed by atoms with van der Waals surface area (Å²) in [6, 6.07) is 16.4. The molecule has 0 saturated carbocycles. The van der Waals surface area contributed by atoms with Gasteiger partial charge in [0.25, 0.3) is 5.91 Å². The highest BCUT2D eigenvalue weighted by Gasteiger charge is 2.12. The van der Waals surface area contributed by atoms with E-state index in [1.165, 1.54) is 11.3 Å². The maximum atomic E-state index is 12.3. The smallest absolute Gasteiger partial charge is 0.257 e. The maximum Gasteiger partial charge on any atom is 0.257 e. The van der Waals surface area contributed by atoms with E-state index in [4.69, 9.17) is 5.26 Å². The van der Waals surface area contributed by atoms with Gasteiger partial charge < -0.3 is 0 Å². The molecule has 1 amide bonds. The Hall–Kier alpha value is -3.08. The number of amides is 1. The molecule has 2 heterocycles. The monoisotopic (exact) mass is 362 g/mol. The lowest BCUT2D eigenvalue weighted by Crippen LogP contribution is -2.11. The van der Waals surface area contributed by atoms with E-state index in [1.807, 2.05) is 35.7 Å². The van der Waals surface area contributed by atoms with Gasteiger partial charge in [-0.25, -0.2) is 9.97 Å². The molecule has 0 spiro atoms. The Balaban J connectivity index is 1.54. The normalized spacial score (nSPS) is 10.5. The Kier molecular flexibility index (Phi) is 3.98. The molecule has 4 rings (SSSR count). The zero-order valence-corrected chi connectivity index (χ0v) is 14.4. The average molecular weight is 362 g/mol. The second kappa shape index (κ2) is 6.43. The fourth-order valence-electron chi connectivity index (χ4n) is 2.28. The molecule has 0 unspecified atom stereocenters. The predicted molar refractivity (Wildman–Crippen MR) is 99.8 cm³/mol. The van der Waals surface area contributed by atoms with Crippen LogP contribution in [-0.2, 0) is 0 Å².